The Morgan fingerprint density at radius 3 is 2.45 bits per heavy atom. The molecular weight excluding hydrogens is 296 g/mol. The lowest BCUT2D eigenvalue weighted by molar-refractivity contribution is 0.594. The van der Waals surface area contributed by atoms with Gasteiger partial charge in [0, 0.05) is 12.7 Å². The highest BCUT2D eigenvalue weighted by molar-refractivity contribution is 7.93. The highest BCUT2D eigenvalue weighted by atomic mass is 35.5. The molecule has 20 heavy (non-hydrogen) atoms. The SMILES string of the molecule is Cc1cccc(N(C)S(=O)(=O)c2ccc(N)cc2Cl)c1. The molecule has 0 atom stereocenters. The zero-order chi connectivity index (χ0) is 14.9. The van der Waals surface area contributed by atoms with E-state index in [-0.39, 0.29) is 9.92 Å². The molecule has 2 N–H and O–H groups in total. The zero-order valence-corrected chi connectivity index (χ0v) is 12.7. The molecule has 2 aromatic carbocycles. The third-order valence-electron chi connectivity index (χ3n) is 2.96. The molecule has 4 nitrogen and oxygen atoms in total. The molecule has 0 fully saturated rings. The predicted octanol–water partition coefficient (Wildman–Crippen LogP) is 3.06. The van der Waals surface area contributed by atoms with Crippen molar-refractivity contribution in [1.82, 2.24) is 0 Å². The van der Waals surface area contributed by atoms with Crippen molar-refractivity contribution in [2.45, 2.75) is 11.8 Å². The van der Waals surface area contributed by atoms with Gasteiger partial charge in [0.15, 0.2) is 0 Å². The number of anilines is 2. The Balaban J connectivity index is 2.49. The lowest BCUT2D eigenvalue weighted by Crippen LogP contribution is -2.26. The number of hydrogen-bond donors (Lipinski definition) is 1. The summed E-state index contributed by atoms with van der Waals surface area (Å²) in [5, 5.41) is 0.115. The maximum atomic E-state index is 12.6. The summed E-state index contributed by atoms with van der Waals surface area (Å²) < 4.78 is 26.4. The molecule has 0 aliphatic carbocycles. The molecule has 0 saturated heterocycles. The van der Waals surface area contributed by atoms with Crippen LogP contribution < -0.4 is 10.0 Å². The van der Waals surface area contributed by atoms with Gasteiger partial charge in [-0.15, -0.1) is 0 Å². The van der Waals surface area contributed by atoms with Gasteiger partial charge in [-0.2, -0.15) is 0 Å². The monoisotopic (exact) mass is 310 g/mol. The summed E-state index contributed by atoms with van der Waals surface area (Å²) in [6, 6.07) is 11.6. The first-order valence-electron chi connectivity index (χ1n) is 5.93. The Morgan fingerprint density at radius 2 is 1.85 bits per heavy atom. The van der Waals surface area contributed by atoms with E-state index >= 15 is 0 Å². The standard InChI is InChI=1S/C14H15ClN2O2S/c1-10-4-3-5-12(8-10)17(2)20(18,19)14-7-6-11(16)9-13(14)15/h3-9H,16H2,1-2H3. The van der Waals surface area contributed by atoms with Crippen LogP contribution in [0.4, 0.5) is 11.4 Å². The van der Waals surface area contributed by atoms with Crippen molar-refractivity contribution in [3.63, 3.8) is 0 Å². The highest BCUT2D eigenvalue weighted by Crippen LogP contribution is 2.29. The number of nitrogens with two attached hydrogens (primary N) is 1. The smallest absolute Gasteiger partial charge is 0.265 e. The molecule has 2 rings (SSSR count). The van der Waals surface area contributed by atoms with Crippen LogP contribution >= 0.6 is 11.6 Å². The van der Waals surface area contributed by atoms with Crippen LogP contribution in [0.3, 0.4) is 0 Å². The average molecular weight is 311 g/mol. The molecule has 2 aromatic rings. The van der Waals surface area contributed by atoms with Gasteiger partial charge in [0.2, 0.25) is 0 Å². The number of nitrogen functional groups attached to an aromatic ring is 1. The Morgan fingerprint density at radius 1 is 1.15 bits per heavy atom. The van der Waals surface area contributed by atoms with Gasteiger partial charge in [-0.25, -0.2) is 8.42 Å². The average Bonchev–Trinajstić information content (AvgIpc) is 2.37. The second kappa shape index (κ2) is 5.34. The van der Waals surface area contributed by atoms with E-state index in [1.165, 1.54) is 29.6 Å². The maximum absolute atomic E-state index is 12.6. The Labute approximate surface area is 123 Å². The highest BCUT2D eigenvalue weighted by Gasteiger charge is 2.24. The van der Waals surface area contributed by atoms with E-state index in [9.17, 15) is 8.42 Å². The molecular formula is C14H15ClN2O2S. The zero-order valence-electron chi connectivity index (χ0n) is 11.2. The van der Waals surface area contributed by atoms with Crippen molar-refractivity contribution in [2.75, 3.05) is 17.1 Å². The number of hydrogen-bond acceptors (Lipinski definition) is 3. The number of aryl methyl sites for hydroxylation is 1. The van der Waals surface area contributed by atoms with Crippen LogP contribution in [0.15, 0.2) is 47.4 Å². The van der Waals surface area contributed by atoms with E-state index in [1.807, 2.05) is 13.0 Å². The Kier molecular flexibility index (Phi) is 3.92. The largest absolute Gasteiger partial charge is 0.399 e. The number of rotatable bonds is 3. The third-order valence-corrected chi connectivity index (χ3v) is 5.23. The van der Waals surface area contributed by atoms with E-state index in [0.29, 0.717) is 11.4 Å². The molecule has 0 radical (unpaired) electrons. The fraction of sp³-hybridized carbons (Fsp3) is 0.143. The first-order valence-corrected chi connectivity index (χ1v) is 7.75. The molecule has 0 bridgehead atoms. The molecule has 106 valence electrons. The minimum absolute atomic E-state index is 0.0392. The van der Waals surface area contributed by atoms with Crippen molar-refractivity contribution in [3.8, 4) is 0 Å². The molecule has 0 aliphatic heterocycles. The van der Waals surface area contributed by atoms with Gasteiger partial charge >= 0.3 is 0 Å². The summed E-state index contributed by atoms with van der Waals surface area (Å²) in [5.74, 6) is 0. The van der Waals surface area contributed by atoms with Gasteiger partial charge in [-0.05, 0) is 42.8 Å². The van der Waals surface area contributed by atoms with Crippen molar-refractivity contribution < 1.29 is 8.42 Å². The second-order valence-electron chi connectivity index (χ2n) is 4.50. The number of nitrogens with zero attached hydrogens (tertiary/aromatic N) is 1. The van der Waals surface area contributed by atoms with Gasteiger partial charge in [0.25, 0.3) is 10.0 Å². The lowest BCUT2D eigenvalue weighted by atomic mass is 10.2. The summed E-state index contributed by atoms with van der Waals surface area (Å²) in [4.78, 5) is 0.0392. The molecule has 0 aliphatic rings. The van der Waals surface area contributed by atoms with Crippen LogP contribution in [-0.2, 0) is 10.0 Å². The van der Waals surface area contributed by atoms with Crippen molar-refractivity contribution in [3.05, 3.63) is 53.1 Å². The van der Waals surface area contributed by atoms with Gasteiger partial charge in [-0.1, -0.05) is 23.7 Å². The van der Waals surface area contributed by atoms with Crippen LogP contribution in [0.25, 0.3) is 0 Å². The van der Waals surface area contributed by atoms with Crippen LogP contribution in [0, 0.1) is 6.92 Å². The van der Waals surface area contributed by atoms with Gasteiger partial charge in [0.05, 0.1) is 10.7 Å². The fourth-order valence-corrected chi connectivity index (χ4v) is 3.55. The number of halogens is 1. The summed E-state index contributed by atoms with van der Waals surface area (Å²) in [5.41, 5.74) is 7.57. The van der Waals surface area contributed by atoms with Gasteiger partial charge < -0.3 is 5.73 Å². The van der Waals surface area contributed by atoms with Crippen molar-refractivity contribution in [2.24, 2.45) is 0 Å². The van der Waals surface area contributed by atoms with E-state index in [1.54, 1.807) is 18.2 Å². The fourth-order valence-electron chi connectivity index (χ4n) is 1.84. The topological polar surface area (TPSA) is 63.4 Å². The minimum atomic E-state index is -3.71. The maximum Gasteiger partial charge on any atom is 0.265 e. The molecule has 0 heterocycles. The van der Waals surface area contributed by atoms with E-state index in [2.05, 4.69) is 0 Å². The van der Waals surface area contributed by atoms with Crippen LogP contribution in [0.1, 0.15) is 5.56 Å². The summed E-state index contributed by atoms with van der Waals surface area (Å²) in [7, 11) is -2.21. The minimum Gasteiger partial charge on any atom is -0.399 e. The molecule has 0 amide bonds. The Bertz CT molecular complexity index is 745. The molecule has 0 saturated carbocycles. The molecule has 0 aromatic heterocycles. The van der Waals surface area contributed by atoms with Crippen LogP contribution in [0.5, 0.6) is 0 Å². The lowest BCUT2D eigenvalue weighted by Gasteiger charge is -2.20. The van der Waals surface area contributed by atoms with E-state index in [0.717, 1.165) is 5.56 Å². The van der Waals surface area contributed by atoms with Crippen LogP contribution in [0.2, 0.25) is 5.02 Å². The quantitative estimate of drug-likeness (QED) is 0.886. The first-order chi connectivity index (χ1) is 9.32. The Hall–Kier alpha value is -1.72. The second-order valence-corrected chi connectivity index (χ2v) is 6.85. The van der Waals surface area contributed by atoms with E-state index in [4.69, 9.17) is 17.3 Å². The van der Waals surface area contributed by atoms with Gasteiger partial charge in [-0.3, -0.25) is 4.31 Å². The predicted molar refractivity (Wildman–Crippen MR) is 82.6 cm³/mol. The molecule has 0 unspecified atom stereocenters. The normalized spacial score (nSPS) is 11.3. The summed E-state index contributed by atoms with van der Waals surface area (Å²) in [6.07, 6.45) is 0. The summed E-state index contributed by atoms with van der Waals surface area (Å²) in [6.45, 7) is 1.90. The molecule has 6 heteroatoms. The third kappa shape index (κ3) is 2.73. The first kappa shape index (κ1) is 14.7. The van der Waals surface area contributed by atoms with E-state index < -0.39 is 10.0 Å². The molecule has 0 spiro atoms. The van der Waals surface area contributed by atoms with Gasteiger partial charge in [0.1, 0.15) is 4.90 Å². The number of benzene rings is 2. The number of sulfonamides is 1. The van der Waals surface area contributed by atoms with Crippen molar-refractivity contribution in [1.29, 1.82) is 0 Å². The van der Waals surface area contributed by atoms with Crippen LogP contribution in [-0.4, -0.2) is 15.5 Å². The van der Waals surface area contributed by atoms with Crippen molar-refractivity contribution >= 4 is 33.0 Å². The summed E-state index contributed by atoms with van der Waals surface area (Å²) >= 11 is 5.99.